The molecule has 1 N–H and O–H groups in total. The van der Waals surface area contributed by atoms with Crippen LogP contribution >= 0.6 is 0 Å². The Labute approximate surface area is 162 Å². The number of ether oxygens (including phenoxy) is 2. The number of rotatable bonds is 5. The number of oxazole rings is 1. The average Bonchev–Trinajstić information content (AvgIpc) is 3.21. The monoisotopic (exact) mass is 386 g/mol. The van der Waals surface area contributed by atoms with Crippen LogP contribution in [0.15, 0.2) is 34.9 Å². The zero-order chi connectivity index (χ0) is 19.5. The molecule has 4 rings (SSSR count). The summed E-state index contributed by atoms with van der Waals surface area (Å²) in [5.74, 6) is 1.43. The molecule has 0 unspecified atom stereocenters. The molecule has 2 saturated heterocycles. The van der Waals surface area contributed by atoms with Gasteiger partial charge >= 0.3 is 0 Å². The van der Waals surface area contributed by atoms with Crippen LogP contribution in [0.5, 0.6) is 11.5 Å². The number of methoxy groups -OCH3 is 1. The minimum absolute atomic E-state index is 0.0301. The molecule has 0 bridgehead atoms. The van der Waals surface area contributed by atoms with Crippen LogP contribution in [0.2, 0.25) is 0 Å². The summed E-state index contributed by atoms with van der Waals surface area (Å²) < 4.78 is 16.1. The highest BCUT2D eigenvalue weighted by Gasteiger charge is 2.37. The number of carbonyl (C=O) groups excluding carboxylic acids is 2. The molecule has 0 aliphatic carbocycles. The molecule has 1 aromatic heterocycles. The van der Waals surface area contributed by atoms with E-state index >= 15 is 0 Å². The third-order valence-corrected chi connectivity index (χ3v) is 4.97. The number of fused-ring (bicyclic) bond motifs is 1. The second-order valence-corrected chi connectivity index (χ2v) is 6.68. The van der Waals surface area contributed by atoms with Crippen LogP contribution in [-0.2, 0) is 11.4 Å². The minimum Gasteiger partial charge on any atom is -0.497 e. The summed E-state index contributed by atoms with van der Waals surface area (Å²) in [4.78, 5) is 32.8. The molecule has 0 spiro atoms. The lowest BCUT2D eigenvalue weighted by molar-refractivity contribution is -0.131. The first-order valence-electron chi connectivity index (χ1n) is 9.16. The van der Waals surface area contributed by atoms with E-state index in [1.807, 2.05) is 0 Å². The van der Waals surface area contributed by atoms with Crippen LogP contribution in [0.3, 0.4) is 0 Å². The third kappa shape index (κ3) is 3.79. The highest BCUT2D eigenvalue weighted by molar-refractivity contribution is 5.93. The lowest BCUT2D eigenvalue weighted by atomic mass is 10.1. The van der Waals surface area contributed by atoms with Gasteiger partial charge in [-0.2, -0.15) is 0 Å². The first-order chi connectivity index (χ1) is 13.6. The molecule has 1 aromatic carbocycles. The Morgan fingerprint density at radius 1 is 1.25 bits per heavy atom. The topological polar surface area (TPSA) is 97.1 Å². The van der Waals surface area contributed by atoms with E-state index in [1.165, 1.54) is 6.26 Å². The van der Waals surface area contributed by atoms with E-state index in [9.17, 15) is 9.59 Å². The fraction of sp³-hybridized carbons (Fsp3) is 0.421. The van der Waals surface area contributed by atoms with Gasteiger partial charge in [-0.1, -0.05) is 0 Å². The summed E-state index contributed by atoms with van der Waals surface area (Å²) in [6.45, 7) is 3.18. The Kier molecular flexibility index (Phi) is 5.16. The smallest absolute Gasteiger partial charge is 0.275 e. The number of benzene rings is 1. The largest absolute Gasteiger partial charge is 0.497 e. The maximum Gasteiger partial charge on any atom is 0.275 e. The number of nitrogens with one attached hydrogen (secondary N) is 1. The van der Waals surface area contributed by atoms with E-state index < -0.39 is 0 Å². The van der Waals surface area contributed by atoms with Gasteiger partial charge in [-0.25, -0.2) is 4.98 Å². The van der Waals surface area contributed by atoms with E-state index in [-0.39, 0.29) is 30.2 Å². The SMILES string of the molecule is COc1ccc(OCc2nc(C(=O)N3CCN4CCNC(=O)[C@@H]4C3)co2)cc1. The molecular weight excluding hydrogens is 364 g/mol. The van der Waals surface area contributed by atoms with Crippen molar-refractivity contribution < 1.29 is 23.5 Å². The number of hydrogen-bond acceptors (Lipinski definition) is 7. The van der Waals surface area contributed by atoms with E-state index in [0.717, 1.165) is 12.3 Å². The minimum atomic E-state index is -0.295. The van der Waals surface area contributed by atoms with Crippen molar-refractivity contribution in [3.05, 3.63) is 42.1 Å². The van der Waals surface area contributed by atoms with Gasteiger partial charge in [-0.05, 0) is 24.3 Å². The van der Waals surface area contributed by atoms with Gasteiger partial charge in [0.15, 0.2) is 12.3 Å². The zero-order valence-electron chi connectivity index (χ0n) is 15.6. The number of hydrogen-bond donors (Lipinski definition) is 1. The second-order valence-electron chi connectivity index (χ2n) is 6.68. The standard InChI is InChI=1S/C19H22N4O5/c1-26-13-2-4-14(5-3-13)27-12-17-21-15(11-28-17)19(25)23-9-8-22-7-6-20-18(24)16(22)10-23/h2-5,11,16H,6-10,12H2,1H3,(H,20,24)/t16-/m0/s1. The molecule has 148 valence electrons. The summed E-state index contributed by atoms with van der Waals surface area (Å²) in [7, 11) is 1.60. The third-order valence-electron chi connectivity index (χ3n) is 4.97. The highest BCUT2D eigenvalue weighted by atomic mass is 16.5. The number of carbonyl (C=O) groups is 2. The van der Waals surface area contributed by atoms with Crippen molar-refractivity contribution in [3.63, 3.8) is 0 Å². The maximum atomic E-state index is 12.7. The van der Waals surface area contributed by atoms with Crippen LogP contribution in [0.1, 0.15) is 16.4 Å². The highest BCUT2D eigenvalue weighted by Crippen LogP contribution is 2.19. The fourth-order valence-electron chi connectivity index (χ4n) is 3.42. The molecule has 2 aliphatic rings. The predicted octanol–water partition coefficient (Wildman–Crippen LogP) is 0.518. The summed E-state index contributed by atoms with van der Waals surface area (Å²) in [5.41, 5.74) is 0.220. The van der Waals surface area contributed by atoms with Crippen LogP contribution in [0.25, 0.3) is 0 Å². The summed E-state index contributed by atoms with van der Waals surface area (Å²) in [5, 5.41) is 2.85. The molecule has 0 saturated carbocycles. The van der Waals surface area contributed by atoms with Crippen molar-refractivity contribution in [1.82, 2.24) is 20.1 Å². The van der Waals surface area contributed by atoms with Crippen molar-refractivity contribution in [2.45, 2.75) is 12.6 Å². The zero-order valence-corrected chi connectivity index (χ0v) is 15.6. The van der Waals surface area contributed by atoms with E-state index in [0.29, 0.717) is 37.8 Å². The normalized spacial score (nSPS) is 19.7. The van der Waals surface area contributed by atoms with E-state index in [1.54, 1.807) is 36.3 Å². The van der Waals surface area contributed by atoms with Crippen molar-refractivity contribution in [1.29, 1.82) is 0 Å². The first kappa shape index (κ1) is 18.3. The Balaban J connectivity index is 1.35. The van der Waals surface area contributed by atoms with Crippen LogP contribution in [0, 0.1) is 0 Å². The molecule has 3 heterocycles. The van der Waals surface area contributed by atoms with Gasteiger partial charge in [0.25, 0.3) is 5.91 Å². The molecule has 2 amide bonds. The molecule has 1 atom stereocenters. The lowest BCUT2D eigenvalue weighted by Gasteiger charge is -2.42. The molecule has 9 nitrogen and oxygen atoms in total. The number of nitrogens with zero attached hydrogens (tertiary/aromatic N) is 3. The van der Waals surface area contributed by atoms with Gasteiger partial charge in [0, 0.05) is 32.7 Å². The predicted molar refractivity (Wildman–Crippen MR) is 98.1 cm³/mol. The quantitative estimate of drug-likeness (QED) is 0.800. The molecule has 2 fully saturated rings. The summed E-state index contributed by atoms with van der Waals surface area (Å²) in [6.07, 6.45) is 1.34. The van der Waals surface area contributed by atoms with Gasteiger partial charge in [0.1, 0.15) is 23.8 Å². The van der Waals surface area contributed by atoms with Crippen LogP contribution < -0.4 is 14.8 Å². The molecule has 2 aliphatic heterocycles. The Morgan fingerprint density at radius 2 is 2.04 bits per heavy atom. The number of amides is 2. The summed E-state index contributed by atoms with van der Waals surface area (Å²) >= 11 is 0. The molecule has 0 radical (unpaired) electrons. The Morgan fingerprint density at radius 3 is 2.82 bits per heavy atom. The van der Waals surface area contributed by atoms with Gasteiger partial charge in [0.05, 0.1) is 7.11 Å². The number of piperazine rings is 2. The number of aromatic nitrogens is 1. The van der Waals surface area contributed by atoms with E-state index in [4.69, 9.17) is 13.9 Å². The van der Waals surface area contributed by atoms with Gasteiger partial charge in [-0.3, -0.25) is 14.5 Å². The van der Waals surface area contributed by atoms with Crippen molar-refractivity contribution >= 4 is 11.8 Å². The van der Waals surface area contributed by atoms with Gasteiger partial charge < -0.3 is 24.1 Å². The average molecular weight is 386 g/mol. The maximum absolute atomic E-state index is 12.7. The van der Waals surface area contributed by atoms with Crippen LogP contribution in [0.4, 0.5) is 0 Å². The van der Waals surface area contributed by atoms with Gasteiger partial charge in [-0.15, -0.1) is 0 Å². The molecule has 28 heavy (non-hydrogen) atoms. The Hall–Kier alpha value is -3.07. The van der Waals surface area contributed by atoms with Crippen molar-refractivity contribution in [2.75, 3.05) is 39.8 Å². The molecule has 9 heteroatoms. The van der Waals surface area contributed by atoms with Crippen LogP contribution in [-0.4, -0.2) is 72.5 Å². The van der Waals surface area contributed by atoms with Crippen molar-refractivity contribution in [3.8, 4) is 11.5 Å². The first-order valence-corrected chi connectivity index (χ1v) is 9.16. The summed E-state index contributed by atoms with van der Waals surface area (Å²) in [6, 6.07) is 6.85. The molecule has 2 aromatic rings. The molecular formula is C19H22N4O5. The van der Waals surface area contributed by atoms with E-state index in [2.05, 4.69) is 15.2 Å². The lowest BCUT2D eigenvalue weighted by Crippen LogP contribution is -2.64. The Bertz CT molecular complexity index is 850. The fourth-order valence-corrected chi connectivity index (χ4v) is 3.42. The second kappa shape index (κ2) is 7.89. The van der Waals surface area contributed by atoms with Gasteiger partial charge in [0.2, 0.25) is 11.8 Å². The van der Waals surface area contributed by atoms with Crippen molar-refractivity contribution in [2.24, 2.45) is 0 Å².